The van der Waals surface area contributed by atoms with Crippen LogP contribution in [0.25, 0.3) is 22.9 Å². The Bertz CT molecular complexity index is 879. The summed E-state index contributed by atoms with van der Waals surface area (Å²) in [4.78, 5) is 13.7. The summed E-state index contributed by atoms with van der Waals surface area (Å²) in [6.07, 6.45) is 6.33. The van der Waals surface area contributed by atoms with Gasteiger partial charge in [-0.2, -0.15) is 5.10 Å². The maximum absolute atomic E-state index is 5.89. The van der Waals surface area contributed by atoms with E-state index in [-0.39, 0.29) is 6.04 Å². The smallest absolute Gasteiger partial charge is 0.178 e. The highest BCUT2D eigenvalue weighted by Crippen LogP contribution is 2.33. The highest BCUT2D eigenvalue weighted by molar-refractivity contribution is 5.67. The maximum atomic E-state index is 5.89. The Morgan fingerprint density at radius 1 is 1.25 bits per heavy atom. The van der Waals surface area contributed by atoms with Gasteiger partial charge in [0.25, 0.3) is 0 Å². The first-order valence-electron chi connectivity index (χ1n) is 8.26. The number of pyridine rings is 1. The van der Waals surface area contributed by atoms with Crippen LogP contribution in [-0.2, 0) is 13.0 Å². The zero-order valence-electron chi connectivity index (χ0n) is 14.1. The molecule has 0 amide bonds. The maximum Gasteiger partial charge on any atom is 0.178 e. The molecule has 3 aromatic heterocycles. The van der Waals surface area contributed by atoms with E-state index in [2.05, 4.69) is 40.4 Å². The molecule has 124 valence electrons. The molecular weight excluding hydrogens is 304 g/mol. The zero-order chi connectivity index (χ0) is 16.7. The topological polar surface area (TPSA) is 70.7 Å². The lowest BCUT2D eigenvalue weighted by atomic mass is 10.2. The number of imidazole rings is 1. The molecule has 0 bridgehead atoms. The van der Waals surface area contributed by atoms with Gasteiger partial charge in [-0.15, -0.1) is 0 Å². The molecule has 0 saturated heterocycles. The molecule has 0 aromatic carbocycles. The van der Waals surface area contributed by atoms with E-state index in [1.54, 1.807) is 6.33 Å². The minimum absolute atomic E-state index is 0.230. The van der Waals surface area contributed by atoms with Gasteiger partial charge in [0.15, 0.2) is 5.82 Å². The van der Waals surface area contributed by atoms with Crippen molar-refractivity contribution in [3.63, 3.8) is 0 Å². The second-order valence-electron chi connectivity index (χ2n) is 6.14. The van der Waals surface area contributed by atoms with Crippen LogP contribution in [0.2, 0.25) is 0 Å². The van der Waals surface area contributed by atoms with E-state index in [9.17, 15) is 0 Å². The summed E-state index contributed by atoms with van der Waals surface area (Å²) in [5, 5.41) is 4.30. The van der Waals surface area contributed by atoms with Gasteiger partial charge in [-0.25, -0.2) is 14.6 Å². The molecule has 4 rings (SSSR count). The third-order valence-corrected chi connectivity index (χ3v) is 4.18. The molecule has 0 radical (unpaired) electrons. The third kappa shape index (κ3) is 2.36. The van der Waals surface area contributed by atoms with Gasteiger partial charge in [-0.3, -0.25) is 4.98 Å². The second kappa shape index (κ2) is 5.74. The fraction of sp³-hybridized carbons (Fsp3) is 0.412. The fourth-order valence-electron chi connectivity index (χ4n) is 2.93. The minimum Gasteiger partial charge on any atom is -0.491 e. The van der Waals surface area contributed by atoms with Gasteiger partial charge >= 0.3 is 0 Å². The van der Waals surface area contributed by atoms with Crippen LogP contribution in [-0.4, -0.2) is 35.9 Å². The lowest BCUT2D eigenvalue weighted by Crippen LogP contribution is -2.06. The molecule has 0 aliphatic carbocycles. The van der Waals surface area contributed by atoms with Crippen LogP contribution >= 0.6 is 0 Å². The highest BCUT2D eigenvalue weighted by Gasteiger charge is 2.22. The van der Waals surface area contributed by atoms with Crippen LogP contribution in [0.15, 0.2) is 24.8 Å². The summed E-state index contributed by atoms with van der Waals surface area (Å²) in [7, 11) is 0. The number of fused-ring (bicyclic) bond motifs is 3. The van der Waals surface area contributed by atoms with E-state index in [1.807, 2.05) is 23.1 Å². The summed E-state index contributed by atoms with van der Waals surface area (Å²) >= 11 is 0. The SMILES string of the molecule is CCc1cc2c(cn1)-c1nc(-c3ncnn3C(C)C)cn1CCO2. The van der Waals surface area contributed by atoms with E-state index < -0.39 is 0 Å². The molecule has 1 aliphatic rings. The Hall–Kier alpha value is -2.70. The van der Waals surface area contributed by atoms with Crippen molar-refractivity contribution in [1.82, 2.24) is 29.3 Å². The molecule has 0 unspecified atom stereocenters. The van der Waals surface area contributed by atoms with Crippen molar-refractivity contribution in [1.29, 1.82) is 0 Å². The van der Waals surface area contributed by atoms with Gasteiger partial charge in [0.05, 0.1) is 12.1 Å². The number of nitrogens with zero attached hydrogens (tertiary/aromatic N) is 6. The van der Waals surface area contributed by atoms with E-state index >= 15 is 0 Å². The first kappa shape index (κ1) is 14.9. The summed E-state index contributed by atoms with van der Waals surface area (Å²) in [5.41, 5.74) is 2.77. The fourth-order valence-corrected chi connectivity index (χ4v) is 2.93. The van der Waals surface area contributed by atoms with E-state index in [4.69, 9.17) is 9.72 Å². The van der Waals surface area contributed by atoms with Crippen LogP contribution in [0.4, 0.5) is 0 Å². The average molecular weight is 324 g/mol. The number of aryl methyl sites for hydroxylation is 1. The Labute approximate surface area is 140 Å². The largest absolute Gasteiger partial charge is 0.491 e. The van der Waals surface area contributed by atoms with Gasteiger partial charge in [0.2, 0.25) is 0 Å². The van der Waals surface area contributed by atoms with Crippen LogP contribution < -0.4 is 4.74 Å². The molecule has 0 saturated carbocycles. The lowest BCUT2D eigenvalue weighted by Gasteiger charge is -2.08. The van der Waals surface area contributed by atoms with Crippen molar-refractivity contribution in [2.24, 2.45) is 0 Å². The van der Waals surface area contributed by atoms with Crippen LogP contribution in [0.1, 0.15) is 32.5 Å². The zero-order valence-corrected chi connectivity index (χ0v) is 14.1. The Balaban J connectivity index is 1.83. The Morgan fingerprint density at radius 2 is 2.12 bits per heavy atom. The van der Waals surface area contributed by atoms with Crippen LogP contribution in [0, 0.1) is 0 Å². The predicted molar refractivity (Wildman–Crippen MR) is 89.7 cm³/mol. The molecule has 0 fully saturated rings. The van der Waals surface area contributed by atoms with Crippen molar-refractivity contribution in [3.8, 4) is 28.7 Å². The van der Waals surface area contributed by atoms with E-state index in [0.717, 1.165) is 47.3 Å². The number of ether oxygens (including phenoxy) is 1. The van der Waals surface area contributed by atoms with Crippen molar-refractivity contribution in [2.45, 2.75) is 39.8 Å². The molecular formula is C17H20N6O. The summed E-state index contributed by atoms with van der Waals surface area (Å²) in [6.45, 7) is 7.61. The molecule has 7 heteroatoms. The average Bonchev–Trinajstić information content (AvgIpc) is 3.18. The van der Waals surface area contributed by atoms with Gasteiger partial charge < -0.3 is 9.30 Å². The monoisotopic (exact) mass is 324 g/mol. The van der Waals surface area contributed by atoms with E-state index in [0.29, 0.717) is 6.61 Å². The number of rotatable bonds is 3. The molecule has 3 aromatic rings. The standard InChI is InChI=1S/C17H20N6O/c1-4-12-7-15-13(8-18-12)16-21-14(9-22(16)5-6-24-15)17-19-10-20-23(17)11(2)3/h7-11H,4-6H2,1-3H3. The minimum atomic E-state index is 0.230. The van der Waals surface area contributed by atoms with Crippen LogP contribution in [0.3, 0.4) is 0 Å². The lowest BCUT2D eigenvalue weighted by molar-refractivity contribution is 0.306. The second-order valence-corrected chi connectivity index (χ2v) is 6.14. The van der Waals surface area contributed by atoms with Crippen molar-refractivity contribution in [3.05, 3.63) is 30.5 Å². The summed E-state index contributed by atoms with van der Waals surface area (Å²) < 4.78 is 9.88. The van der Waals surface area contributed by atoms with Crippen molar-refractivity contribution < 1.29 is 4.74 Å². The van der Waals surface area contributed by atoms with Gasteiger partial charge in [-0.1, -0.05) is 6.92 Å². The van der Waals surface area contributed by atoms with E-state index in [1.165, 1.54) is 0 Å². The third-order valence-electron chi connectivity index (χ3n) is 4.18. The normalized spacial score (nSPS) is 13.3. The molecule has 0 N–H and O–H groups in total. The van der Waals surface area contributed by atoms with Crippen molar-refractivity contribution >= 4 is 0 Å². The molecule has 0 spiro atoms. The molecule has 24 heavy (non-hydrogen) atoms. The van der Waals surface area contributed by atoms with Gasteiger partial charge in [-0.05, 0) is 20.3 Å². The highest BCUT2D eigenvalue weighted by atomic mass is 16.5. The predicted octanol–water partition coefficient (Wildman–Crippen LogP) is 2.74. The Morgan fingerprint density at radius 3 is 2.92 bits per heavy atom. The quantitative estimate of drug-likeness (QED) is 0.741. The summed E-state index contributed by atoms with van der Waals surface area (Å²) in [6, 6.07) is 2.24. The van der Waals surface area contributed by atoms with Crippen LogP contribution in [0.5, 0.6) is 5.75 Å². The van der Waals surface area contributed by atoms with Crippen molar-refractivity contribution in [2.75, 3.05) is 6.61 Å². The number of hydrogen-bond donors (Lipinski definition) is 0. The molecule has 0 atom stereocenters. The first-order chi connectivity index (χ1) is 11.7. The van der Waals surface area contributed by atoms with Gasteiger partial charge in [0, 0.05) is 30.2 Å². The Kier molecular flexibility index (Phi) is 3.55. The molecule has 1 aliphatic heterocycles. The number of hydrogen-bond acceptors (Lipinski definition) is 5. The van der Waals surface area contributed by atoms with Gasteiger partial charge in [0.1, 0.15) is 30.2 Å². The number of aromatic nitrogens is 6. The molecule has 7 nitrogen and oxygen atoms in total. The first-order valence-corrected chi connectivity index (χ1v) is 8.26. The molecule has 4 heterocycles. The summed E-state index contributed by atoms with van der Waals surface area (Å²) in [5.74, 6) is 2.50.